The molecule has 0 saturated heterocycles. The number of thioether (sulfide) groups is 1. The fraction of sp³-hybridized carbons (Fsp3) is 0.375. The molecule has 0 amide bonds. The molecule has 1 aromatic heterocycles. The quantitative estimate of drug-likeness (QED) is 0.690. The molecule has 0 aliphatic heterocycles. The fourth-order valence-corrected chi connectivity index (χ4v) is 1.42. The van der Waals surface area contributed by atoms with E-state index < -0.39 is 0 Å². The van der Waals surface area contributed by atoms with Gasteiger partial charge in [-0.1, -0.05) is 6.07 Å². The van der Waals surface area contributed by atoms with Gasteiger partial charge in [0, 0.05) is 23.9 Å². The molecule has 0 aromatic carbocycles. The van der Waals surface area contributed by atoms with Crippen LogP contribution in [0, 0.1) is 0 Å². The van der Waals surface area contributed by atoms with Crippen LogP contribution in [0.3, 0.4) is 0 Å². The van der Waals surface area contributed by atoms with Crippen molar-refractivity contribution in [1.29, 1.82) is 0 Å². The fourth-order valence-electron chi connectivity index (χ4n) is 0.738. The molecule has 0 radical (unpaired) electrons. The summed E-state index contributed by atoms with van der Waals surface area (Å²) in [6, 6.07) is 3.96. The Hall–Kier alpha value is -0.540. The molecular formula is C8H11NOS. The van der Waals surface area contributed by atoms with Crippen molar-refractivity contribution < 1.29 is 5.11 Å². The molecule has 1 aromatic rings. The van der Waals surface area contributed by atoms with Gasteiger partial charge in [0.1, 0.15) is 0 Å². The Balaban J connectivity index is 2.28. The molecule has 3 heteroatoms. The van der Waals surface area contributed by atoms with Crippen molar-refractivity contribution in [3.8, 4) is 0 Å². The Kier molecular flexibility index (Phi) is 4.01. The molecular weight excluding hydrogens is 158 g/mol. The van der Waals surface area contributed by atoms with Crippen LogP contribution in [0.4, 0.5) is 0 Å². The lowest BCUT2D eigenvalue weighted by Gasteiger charge is -1.97. The maximum atomic E-state index is 8.51. The maximum Gasteiger partial charge on any atom is 0.0521 e. The minimum Gasteiger partial charge on any atom is -0.396 e. The van der Waals surface area contributed by atoms with Crippen LogP contribution in [0.15, 0.2) is 24.5 Å². The minimum absolute atomic E-state index is 0.255. The van der Waals surface area contributed by atoms with Gasteiger partial charge in [0.05, 0.1) is 6.61 Å². The van der Waals surface area contributed by atoms with E-state index in [2.05, 4.69) is 4.98 Å². The Labute approximate surface area is 70.7 Å². The van der Waals surface area contributed by atoms with Gasteiger partial charge in [0.15, 0.2) is 0 Å². The zero-order valence-corrected chi connectivity index (χ0v) is 7.05. The van der Waals surface area contributed by atoms with Gasteiger partial charge >= 0.3 is 0 Å². The Bertz CT molecular complexity index is 191. The molecule has 0 saturated carbocycles. The molecule has 0 bridgehead atoms. The third-order valence-electron chi connectivity index (χ3n) is 1.23. The van der Waals surface area contributed by atoms with Crippen LogP contribution in [0.25, 0.3) is 0 Å². The summed E-state index contributed by atoms with van der Waals surface area (Å²) < 4.78 is 0. The van der Waals surface area contributed by atoms with Crippen molar-refractivity contribution in [1.82, 2.24) is 4.98 Å². The summed E-state index contributed by atoms with van der Waals surface area (Å²) in [5.74, 6) is 1.74. The van der Waals surface area contributed by atoms with E-state index >= 15 is 0 Å². The second-order valence-corrected chi connectivity index (χ2v) is 3.24. The monoisotopic (exact) mass is 169 g/mol. The van der Waals surface area contributed by atoms with Gasteiger partial charge in [0.2, 0.25) is 0 Å². The molecule has 0 spiro atoms. The standard InChI is InChI=1S/C8H11NOS/c10-4-5-11-7-8-2-1-3-9-6-8/h1-3,6,10H,4-5,7H2. The van der Waals surface area contributed by atoms with E-state index in [1.807, 2.05) is 18.3 Å². The normalized spacial score (nSPS) is 9.91. The third kappa shape index (κ3) is 3.39. The Morgan fingerprint density at radius 1 is 1.55 bits per heavy atom. The largest absolute Gasteiger partial charge is 0.396 e. The molecule has 2 nitrogen and oxygen atoms in total. The average Bonchev–Trinajstić information content (AvgIpc) is 2.07. The highest BCUT2D eigenvalue weighted by molar-refractivity contribution is 7.98. The van der Waals surface area contributed by atoms with Crippen LogP contribution in [0.2, 0.25) is 0 Å². The van der Waals surface area contributed by atoms with Crippen LogP contribution in [0.1, 0.15) is 5.56 Å². The van der Waals surface area contributed by atoms with Crippen LogP contribution in [-0.2, 0) is 5.75 Å². The van der Waals surface area contributed by atoms with E-state index in [9.17, 15) is 0 Å². The second-order valence-electron chi connectivity index (χ2n) is 2.14. The Morgan fingerprint density at radius 2 is 2.45 bits per heavy atom. The second kappa shape index (κ2) is 5.16. The molecule has 1 heterocycles. The predicted octanol–water partition coefficient (Wildman–Crippen LogP) is 1.31. The number of aliphatic hydroxyl groups is 1. The van der Waals surface area contributed by atoms with Crippen molar-refractivity contribution in [3.63, 3.8) is 0 Å². The maximum absolute atomic E-state index is 8.51. The SMILES string of the molecule is OCCSCc1cccnc1. The van der Waals surface area contributed by atoms with Gasteiger partial charge < -0.3 is 5.11 Å². The van der Waals surface area contributed by atoms with E-state index in [0.717, 1.165) is 11.5 Å². The lowest BCUT2D eigenvalue weighted by atomic mass is 10.3. The Morgan fingerprint density at radius 3 is 3.09 bits per heavy atom. The zero-order chi connectivity index (χ0) is 7.94. The molecule has 0 atom stereocenters. The highest BCUT2D eigenvalue weighted by Crippen LogP contribution is 2.09. The van der Waals surface area contributed by atoms with Gasteiger partial charge in [-0.2, -0.15) is 11.8 Å². The third-order valence-corrected chi connectivity index (χ3v) is 2.24. The number of nitrogens with zero attached hydrogens (tertiary/aromatic N) is 1. The first-order valence-electron chi connectivity index (χ1n) is 3.51. The minimum atomic E-state index is 0.255. The van der Waals surface area contributed by atoms with Crippen LogP contribution in [-0.4, -0.2) is 22.5 Å². The van der Waals surface area contributed by atoms with Gasteiger partial charge in [-0.3, -0.25) is 4.98 Å². The van der Waals surface area contributed by atoms with Gasteiger partial charge in [-0.05, 0) is 11.6 Å². The highest BCUT2D eigenvalue weighted by atomic mass is 32.2. The predicted molar refractivity (Wildman–Crippen MR) is 47.5 cm³/mol. The summed E-state index contributed by atoms with van der Waals surface area (Å²) in [5, 5.41) is 8.51. The van der Waals surface area contributed by atoms with Crippen molar-refractivity contribution in [3.05, 3.63) is 30.1 Å². The molecule has 1 N–H and O–H groups in total. The summed E-state index contributed by atoms with van der Waals surface area (Å²) in [4.78, 5) is 3.99. The van der Waals surface area contributed by atoms with Crippen LogP contribution >= 0.6 is 11.8 Å². The van der Waals surface area contributed by atoms with Crippen LogP contribution in [0.5, 0.6) is 0 Å². The number of rotatable bonds is 4. The van der Waals surface area contributed by atoms with E-state index in [0.29, 0.717) is 0 Å². The number of hydrogen-bond acceptors (Lipinski definition) is 3. The summed E-state index contributed by atoms with van der Waals surface area (Å²) in [5.41, 5.74) is 1.21. The lowest BCUT2D eigenvalue weighted by molar-refractivity contribution is 0.322. The smallest absolute Gasteiger partial charge is 0.0521 e. The van der Waals surface area contributed by atoms with E-state index in [1.54, 1.807) is 18.0 Å². The van der Waals surface area contributed by atoms with Gasteiger partial charge in [-0.25, -0.2) is 0 Å². The summed E-state index contributed by atoms with van der Waals surface area (Å²) in [7, 11) is 0. The first-order chi connectivity index (χ1) is 5.43. The van der Waals surface area contributed by atoms with E-state index in [-0.39, 0.29) is 6.61 Å². The number of aromatic nitrogens is 1. The van der Waals surface area contributed by atoms with E-state index in [4.69, 9.17) is 5.11 Å². The van der Waals surface area contributed by atoms with Gasteiger partial charge in [-0.15, -0.1) is 0 Å². The number of hydrogen-bond donors (Lipinski definition) is 1. The first kappa shape index (κ1) is 8.56. The molecule has 0 aliphatic carbocycles. The average molecular weight is 169 g/mol. The molecule has 0 unspecified atom stereocenters. The summed E-state index contributed by atoms with van der Waals surface area (Å²) >= 11 is 1.72. The topological polar surface area (TPSA) is 33.1 Å². The molecule has 0 aliphatic rings. The molecule has 11 heavy (non-hydrogen) atoms. The highest BCUT2D eigenvalue weighted by Gasteiger charge is 1.90. The van der Waals surface area contributed by atoms with Gasteiger partial charge in [0.25, 0.3) is 0 Å². The summed E-state index contributed by atoms with van der Waals surface area (Å²) in [6.45, 7) is 0.255. The van der Waals surface area contributed by atoms with Crippen molar-refractivity contribution >= 4 is 11.8 Å². The van der Waals surface area contributed by atoms with Crippen molar-refractivity contribution in [2.45, 2.75) is 5.75 Å². The molecule has 0 fully saturated rings. The number of aliphatic hydroxyl groups excluding tert-OH is 1. The molecule has 1 rings (SSSR count). The van der Waals surface area contributed by atoms with Crippen LogP contribution < -0.4 is 0 Å². The van der Waals surface area contributed by atoms with Crippen molar-refractivity contribution in [2.75, 3.05) is 12.4 Å². The number of pyridine rings is 1. The van der Waals surface area contributed by atoms with E-state index in [1.165, 1.54) is 5.56 Å². The lowest BCUT2D eigenvalue weighted by Crippen LogP contribution is -1.87. The zero-order valence-electron chi connectivity index (χ0n) is 6.23. The van der Waals surface area contributed by atoms with Crippen molar-refractivity contribution in [2.24, 2.45) is 0 Å². The summed E-state index contributed by atoms with van der Waals surface area (Å²) in [6.07, 6.45) is 3.62. The first-order valence-corrected chi connectivity index (χ1v) is 4.66. The molecule has 60 valence electrons.